The van der Waals surface area contributed by atoms with Crippen molar-refractivity contribution in [2.75, 3.05) is 26.5 Å². The van der Waals surface area contributed by atoms with Gasteiger partial charge in [0.25, 0.3) is 0 Å². The summed E-state index contributed by atoms with van der Waals surface area (Å²) >= 11 is 7.60. The molecule has 1 N–H and O–H groups in total. The third-order valence-electron chi connectivity index (χ3n) is 3.81. The van der Waals surface area contributed by atoms with E-state index in [9.17, 15) is 4.79 Å². The fourth-order valence-electron chi connectivity index (χ4n) is 2.42. The van der Waals surface area contributed by atoms with Crippen molar-refractivity contribution in [2.24, 2.45) is 0 Å². The lowest BCUT2D eigenvalue weighted by Crippen LogP contribution is -2.25. The van der Waals surface area contributed by atoms with Gasteiger partial charge in [-0.15, -0.1) is 11.8 Å². The molecule has 0 atom stereocenters. The van der Waals surface area contributed by atoms with Crippen LogP contribution < -0.4 is 14.8 Å². The van der Waals surface area contributed by atoms with Gasteiger partial charge in [-0.25, -0.2) is 0 Å². The van der Waals surface area contributed by atoms with Gasteiger partial charge < -0.3 is 14.8 Å². The number of carbonyl (C=O) groups excluding carboxylic acids is 1. The van der Waals surface area contributed by atoms with E-state index in [-0.39, 0.29) is 5.91 Å². The van der Waals surface area contributed by atoms with E-state index in [4.69, 9.17) is 21.1 Å². The summed E-state index contributed by atoms with van der Waals surface area (Å²) in [6, 6.07) is 13.6. The summed E-state index contributed by atoms with van der Waals surface area (Å²) < 4.78 is 10.5. The van der Waals surface area contributed by atoms with Gasteiger partial charge >= 0.3 is 0 Å². The lowest BCUT2D eigenvalue weighted by atomic mass is 10.1. The van der Waals surface area contributed by atoms with E-state index < -0.39 is 0 Å². The Balaban J connectivity index is 1.63. The van der Waals surface area contributed by atoms with Crippen LogP contribution in [0, 0.1) is 0 Å². The van der Waals surface area contributed by atoms with Gasteiger partial charge in [-0.2, -0.15) is 0 Å². The third kappa shape index (κ3) is 6.81. The summed E-state index contributed by atoms with van der Waals surface area (Å²) in [5.41, 5.74) is 1.10. The highest BCUT2D eigenvalue weighted by Crippen LogP contribution is 2.27. The molecule has 0 saturated carbocycles. The fraction of sp³-hybridized carbons (Fsp3) is 0.350. The number of amides is 1. The Hall–Kier alpha value is -1.85. The quantitative estimate of drug-likeness (QED) is 0.473. The smallest absolute Gasteiger partial charge is 0.220 e. The summed E-state index contributed by atoms with van der Waals surface area (Å²) in [4.78, 5) is 13.1. The van der Waals surface area contributed by atoms with Crippen LogP contribution in [-0.4, -0.2) is 32.4 Å². The predicted octanol–water partition coefficient (Wildman–Crippen LogP) is 4.59. The van der Waals surface area contributed by atoms with E-state index in [1.54, 1.807) is 26.0 Å². The number of thioether (sulfide) groups is 1. The molecule has 0 fully saturated rings. The first-order chi connectivity index (χ1) is 12.6. The molecule has 4 nitrogen and oxygen atoms in total. The number of methoxy groups -OCH3 is 2. The van der Waals surface area contributed by atoms with Gasteiger partial charge in [-0.05, 0) is 60.6 Å². The SMILES string of the molecule is COc1ccc(CCNC(=O)CCCSc2ccc(Cl)cc2)cc1OC. The zero-order chi connectivity index (χ0) is 18.8. The van der Waals surface area contributed by atoms with Crippen LogP contribution in [0.1, 0.15) is 18.4 Å². The average Bonchev–Trinajstić information content (AvgIpc) is 2.66. The zero-order valence-corrected chi connectivity index (χ0v) is 16.7. The van der Waals surface area contributed by atoms with Crippen LogP contribution in [0.4, 0.5) is 0 Å². The second-order valence-electron chi connectivity index (χ2n) is 5.70. The van der Waals surface area contributed by atoms with Crippen LogP contribution in [-0.2, 0) is 11.2 Å². The fourth-order valence-corrected chi connectivity index (χ4v) is 3.40. The van der Waals surface area contributed by atoms with Crippen molar-refractivity contribution in [3.8, 4) is 11.5 Å². The van der Waals surface area contributed by atoms with Gasteiger partial charge in [0, 0.05) is 22.9 Å². The van der Waals surface area contributed by atoms with Crippen LogP contribution in [0.2, 0.25) is 5.02 Å². The van der Waals surface area contributed by atoms with E-state index in [0.29, 0.717) is 24.5 Å². The van der Waals surface area contributed by atoms with Crippen LogP contribution in [0.25, 0.3) is 0 Å². The largest absolute Gasteiger partial charge is 0.493 e. The molecule has 2 rings (SSSR count). The summed E-state index contributed by atoms with van der Waals surface area (Å²) in [7, 11) is 3.23. The Morgan fingerprint density at radius 1 is 1.08 bits per heavy atom. The maximum atomic E-state index is 11.9. The van der Waals surface area contributed by atoms with Crippen molar-refractivity contribution in [1.29, 1.82) is 0 Å². The highest BCUT2D eigenvalue weighted by Gasteiger charge is 2.06. The lowest BCUT2D eigenvalue weighted by Gasteiger charge is -2.10. The maximum Gasteiger partial charge on any atom is 0.220 e. The molecule has 6 heteroatoms. The zero-order valence-electron chi connectivity index (χ0n) is 15.1. The third-order valence-corrected chi connectivity index (χ3v) is 5.16. The molecule has 0 aromatic heterocycles. The standard InChI is InChI=1S/C20H24ClNO3S/c1-24-18-10-5-15(14-19(18)25-2)11-12-22-20(23)4-3-13-26-17-8-6-16(21)7-9-17/h5-10,14H,3-4,11-13H2,1-2H3,(H,22,23). The molecular formula is C20H24ClNO3S. The van der Waals surface area contributed by atoms with Gasteiger partial charge in [0.1, 0.15) is 0 Å². The van der Waals surface area contributed by atoms with Crippen molar-refractivity contribution in [2.45, 2.75) is 24.2 Å². The molecule has 0 unspecified atom stereocenters. The monoisotopic (exact) mass is 393 g/mol. The van der Waals surface area contributed by atoms with Crippen LogP contribution >= 0.6 is 23.4 Å². The molecule has 0 aliphatic rings. The number of halogens is 1. The second-order valence-corrected chi connectivity index (χ2v) is 7.30. The summed E-state index contributed by atoms with van der Waals surface area (Å²) in [6.45, 7) is 0.610. The average molecular weight is 394 g/mol. The summed E-state index contributed by atoms with van der Waals surface area (Å²) in [6.07, 6.45) is 2.13. The van der Waals surface area contributed by atoms with Crippen molar-refractivity contribution in [3.05, 3.63) is 53.1 Å². The first kappa shape index (κ1) is 20.5. The van der Waals surface area contributed by atoms with E-state index in [1.807, 2.05) is 42.5 Å². The molecule has 26 heavy (non-hydrogen) atoms. The number of benzene rings is 2. The van der Waals surface area contributed by atoms with Gasteiger partial charge in [0.05, 0.1) is 14.2 Å². The molecule has 0 radical (unpaired) electrons. The lowest BCUT2D eigenvalue weighted by molar-refractivity contribution is -0.121. The van der Waals surface area contributed by atoms with Crippen LogP contribution in [0.5, 0.6) is 11.5 Å². The minimum Gasteiger partial charge on any atom is -0.493 e. The maximum absolute atomic E-state index is 11.9. The Bertz CT molecular complexity index is 707. The van der Waals surface area contributed by atoms with Gasteiger partial charge in [0.2, 0.25) is 5.91 Å². The minimum absolute atomic E-state index is 0.0854. The van der Waals surface area contributed by atoms with E-state index >= 15 is 0 Å². The number of hydrogen-bond donors (Lipinski definition) is 1. The molecule has 0 saturated heterocycles. The second kappa shape index (κ2) is 11.0. The van der Waals surface area contributed by atoms with Crippen LogP contribution in [0.3, 0.4) is 0 Å². The molecule has 0 spiro atoms. The normalized spacial score (nSPS) is 10.4. The Morgan fingerprint density at radius 3 is 2.50 bits per heavy atom. The van der Waals surface area contributed by atoms with E-state index in [2.05, 4.69) is 5.32 Å². The number of hydrogen-bond acceptors (Lipinski definition) is 4. The van der Waals surface area contributed by atoms with Gasteiger partial charge in [-0.3, -0.25) is 4.79 Å². The van der Waals surface area contributed by atoms with Crippen molar-refractivity contribution in [3.63, 3.8) is 0 Å². The van der Waals surface area contributed by atoms with Crippen molar-refractivity contribution < 1.29 is 14.3 Å². The number of nitrogens with one attached hydrogen (secondary N) is 1. The summed E-state index contributed by atoms with van der Waals surface area (Å²) in [5, 5.41) is 3.70. The van der Waals surface area contributed by atoms with Gasteiger partial charge in [0.15, 0.2) is 11.5 Å². The summed E-state index contributed by atoms with van der Waals surface area (Å²) in [5.74, 6) is 2.40. The first-order valence-corrected chi connectivity index (χ1v) is 9.84. The predicted molar refractivity (Wildman–Crippen MR) is 108 cm³/mol. The van der Waals surface area contributed by atoms with E-state index in [1.165, 1.54) is 4.90 Å². The van der Waals surface area contributed by atoms with Crippen molar-refractivity contribution >= 4 is 29.3 Å². The molecule has 2 aromatic rings. The van der Waals surface area contributed by atoms with Crippen molar-refractivity contribution in [1.82, 2.24) is 5.32 Å². The molecule has 1 amide bonds. The molecular weight excluding hydrogens is 370 g/mol. The molecule has 0 aliphatic heterocycles. The molecule has 0 heterocycles. The highest BCUT2D eigenvalue weighted by molar-refractivity contribution is 7.99. The molecule has 140 valence electrons. The Morgan fingerprint density at radius 2 is 1.81 bits per heavy atom. The molecule has 2 aromatic carbocycles. The van der Waals surface area contributed by atoms with Gasteiger partial charge in [-0.1, -0.05) is 17.7 Å². The minimum atomic E-state index is 0.0854. The molecule has 0 aliphatic carbocycles. The highest BCUT2D eigenvalue weighted by atomic mass is 35.5. The number of ether oxygens (including phenoxy) is 2. The Kier molecular flexibility index (Phi) is 8.65. The first-order valence-electron chi connectivity index (χ1n) is 8.48. The Labute approximate surface area is 164 Å². The van der Waals surface area contributed by atoms with Crippen LogP contribution in [0.15, 0.2) is 47.4 Å². The number of carbonyl (C=O) groups is 1. The molecule has 0 bridgehead atoms. The topological polar surface area (TPSA) is 47.6 Å². The number of rotatable bonds is 10. The van der Waals surface area contributed by atoms with E-state index in [0.717, 1.165) is 29.2 Å².